The fraction of sp³-hybridized carbons (Fsp3) is 0.857. The molecule has 0 aromatic carbocycles. The molecule has 0 radical (unpaired) electrons. The van der Waals surface area contributed by atoms with Gasteiger partial charge in [0.2, 0.25) is 0 Å². The van der Waals surface area contributed by atoms with Gasteiger partial charge in [0.05, 0.1) is 19.7 Å². The molecule has 2 atom stereocenters. The van der Waals surface area contributed by atoms with E-state index in [-0.39, 0.29) is 43.0 Å². The Morgan fingerprint density at radius 2 is 1.68 bits per heavy atom. The minimum absolute atomic E-state index is 0.0480. The van der Waals surface area contributed by atoms with E-state index >= 15 is 0 Å². The van der Waals surface area contributed by atoms with Crippen molar-refractivity contribution in [1.29, 1.82) is 0 Å². The molecule has 2 amide bonds. The van der Waals surface area contributed by atoms with Gasteiger partial charge in [-0.3, -0.25) is 19.5 Å². The SMILES string of the molecule is COC(=O)CN1CCN(C2OC(=O)N(C3CCN(C(=O)OC(C)(C)C)CC3)C2C)CC1. The molecule has 0 aromatic rings. The van der Waals surface area contributed by atoms with E-state index < -0.39 is 5.60 Å². The number of likely N-dealkylation sites (tertiary alicyclic amines) is 1. The van der Waals surface area contributed by atoms with Crippen molar-refractivity contribution in [1.82, 2.24) is 19.6 Å². The van der Waals surface area contributed by atoms with Gasteiger partial charge in [-0.05, 0) is 40.5 Å². The van der Waals surface area contributed by atoms with Crippen molar-refractivity contribution in [2.24, 2.45) is 0 Å². The molecule has 10 nitrogen and oxygen atoms in total. The predicted molar refractivity (Wildman–Crippen MR) is 112 cm³/mol. The van der Waals surface area contributed by atoms with Gasteiger partial charge in [-0.25, -0.2) is 9.59 Å². The van der Waals surface area contributed by atoms with E-state index in [2.05, 4.69) is 4.90 Å². The van der Waals surface area contributed by atoms with Crippen LogP contribution >= 0.6 is 0 Å². The maximum atomic E-state index is 12.7. The van der Waals surface area contributed by atoms with Crippen LogP contribution in [0.4, 0.5) is 9.59 Å². The van der Waals surface area contributed by atoms with Crippen LogP contribution in [0.2, 0.25) is 0 Å². The molecule has 3 heterocycles. The molecule has 0 spiro atoms. The van der Waals surface area contributed by atoms with E-state index in [0.717, 1.165) is 26.2 Å². The van der Waals surface area contributed by atoms with Gasteiger partial charge in [0.15, 0.2) is 6.23 Å². The van der Waals surface area contributed by atoms with Crippen LogP contribution in [0.15, 0.2) is 0 Å². The molecule has 2 unspecified atom stereocenters. The molecule has 0 bridgehead atoms. The zero-order valence-electron chi connectivity index (χ0n) is 19.3. The summed E-state index contributed by atoms with van der Waals surface area (Å²) in [6, 6.07) is -0.0236. The van der Waals surface area contributed by atoms with Crippen LogP contribution < -0.4 is 0 Å². The highest BCUT2D eigenvalue weighted by molar-refractivity contribution is 5.72. The lowest BCUT2D eigenvalue weighted by molar-refractivity contribution is -0.142. The number of piperidine rings is 1. The Bertz CT molecular complexity index is 665. The summed E-state index contributed by atoms with van der Waals surface area (Å²) in [7, 11) is 1.39. The third-order valence-corrected chi connectivity index (χ3v) is 6.14. The number of amides is 2. The van der Waals surface area contributed by atoms with Gasteiger partial charge in [0.25, 0.3) is 0 Å². The number of carbonyl (C=O) groups is 3. The number of nitrogens with zero attached hydrogens (tertiary/aromatic N) is 4. The maximum absolute atomic E-state index is 12.7. The number of piperazine rings is 1. The lowest BCUT2D eigenvalue weighted by Crippen LogP contribution is -2.55. The largest absolute Gasteiger partial charge is 0.468 e. The number of hydrogen-bond donors (Lipinski definition) is 0. The fourth-order valence-corrected chi connectivity index (χ4v) is 4.50. The molecule has 0 saturated carbocycles. The number of ether oxygens (including phenoxy) is 3. The molecule has 10 heteroatoms. The van der Waals surface area contributed by atoms with Crippen LogP contribution in [0.1, 0.15) is 40.5 Å². The van der Waals surface area contributed by atoms with Crippen molar-refractivity contribution in [2.75, 3.05) is 52.9 Å². The first-order valence-corrected chi connectivity index (χ1v) is 11.1. The summed E-state index contributed by atoms with van der Waals surface area (Å²) in [4.78, 5) is 44.2. The molecular weight excluding hydrogens is 404 g/mol. The average molecular weight is 441 g/mol. The Labute approximate surface area is 184 Å². The average Bonchev–Trinajstić information content (AvgIpc) is 3.01. The summed E-state index contributed by atoms with van der Waals surface area (Å²) in [6.45, 7) is 11.9. The number of hydrogen-bond acceptors (Lipinski definition) is 8. The first-order valence-electron chi connectivity index (χ1n) is 11.1. The standard InChI is InChI=1S/C21H36N4O6/c1-15-18(23-12-10-22(11-13-23)14-17(26)29-5)30-20(28)25(15)16-6-8-24(9-7-16)19(27)31-21(2,3)4/h15-16,18H,6-14H2,1-5H3. The Morgan fingerprint density at radius 1 is 1.06 bits per heavy atom. The van der Waals surface area contributed by atoms with Gasteiger partial charge >= 0.3 is 18.2 Å². The van der Waals surface area contributed by atoms with Gasteiger partial charge in [-0.2, -0.15) is 0 Å². The van der Waals surface area contributed by atoms with Crippen LogP contribution in [0.5, 0.6) is 0 Å². The first-order chi connectivity index (χ1) is 14.6. The number of rotatable bonds is 4. The summed E-state index contributed by atoms with van der Waals surface area (Å²) in [5, 5.41) is 0. The normalized spacial score (nSPS) is 26.7. The lowest BCUT2D eigenvalue weighted by atomic mass is 10.0. The van der Waals surface area contributed by atoms with Crippen LogP contribution in [-0.4, -0.2) is 115 Å². The van der Waals surface area contributed by atoms with Gasteiger partial charge < -0.3 is 19.1 Å². The second-order valence-electron chi connectivity index (χ2n) is 9.51. The van der Waals surface area contributed by atoms with E-state index in [1.807, 2.05) is 37.5 Å². The second kappa shape index (κ2) is 9.60. The smallest absolute Gasteiger partial charge is 0.412 e. The highest BCUT2D eigenvalue weighted by atomic mass is 16.6. The van der Waals surface area contributed by atoms with Crippen molar-refractivity contribution in [3.8, 4) is 0 Å². The third-order valence-electron chi connectivity index (χ3n) is 6.14. The van der Waals surface area contributed by atoms with Crippen LogP contribution in [0, 0.1) is 0 Å². The minimum Gasteiger partial charge on any atom is -0.468 e. The summed E-state index contributed by atoms with van der Waals surface area (Å²) in [5.41, 5.74) is -0.519. The molecule has 31 heavy (non-hydrogen) atoms. The molecule has 0 N–H and O–H groups in total. The third kappa shape index (κ3) is 5.79. The summed E-state index contributed by atoms with van der Waals surface area (Å²) in [5.74, 6) is -0.238. The van der Waals surface area contributed by atoms with Crippen molar-refractivity contribution in [3.63, 3.8) is 0 Å². The molecular formula is C21H36N4O6. The summed E-state index contributed by atoms with van der Waals surface area (Å²) in [6.07, 6.45) is 0.531. The maximum Gasteiger partial charge on any atom is 0.412 e. The zero-order valence-corrected chi connectivity index (χ0v) is 19.3. The van der Waals surface area contributed by atoms with E-state index in [1.54, 1.807) is 4.90 Å². The fourth-order valence-electron chi connectivity index (χ4n) is 4.50. The molecule has 3 saturated heterocycles. The lowest BCUT2D eigenvalue weighted by Gasteiger charge is -2.40. The minimum atomic E-state index is -0.519. The van der Waals surface area contributed by atoms with Crippen molar-refractivity contribution < 1.29 is 28.6 Å². The first kappa shape index (κ1) is 23.6. The Balaban J connectivity index is 1.50. The molecule has 3 rings (SSSR count). The van der Waals surface area contributed by atoms with E-state index in [1.165, 1.54) is 7.11 Å². The quantitative estimate of drug-likeness (QED) is 0.478. The van der Waals surface area contributed by atoms with Gasteiger partial charge in [0.1, 0.15) is 5.60 Å². The van der Waals surface area contributed by atoms with Gasteiger partial charge in [-0.15, -0.1) is 0 Å². The Morgan fingerprint density at radius 3 is 2.23 bits per heavy atom. The Hall–Kier alpha value is -2.07. The topological polar surface area (TPSA) is 91.9 Å². The number of carbonyl (C=O) groups excluding carboxylic acids is 3. The highest BCUT2D eigenvalue weighted by Gasteiger charge is 2.46. The Kier molecular flexibility index (Phi) is 7.31. The van der Waals surface area contributed by atoms with E-state index in [4.69, 9.17) is 14.2 Å². The van der Waals surface area contributed by atoms with E-state index in [0.29, 0.717) is 25.9 Å². The number of cyclic esters (lactones) is 1. The van der Waals surface area contributed by atoms with Crippen molar-refractivity contribution in [2.45, 2.75) is 64.4 Å². The predicted octanol–water partition coefficient (Wildman–Crippen LogP) is 1.34. The van der Waals surface area contributed by atoms with Gasteiger partial charge in [0, 0.05) is 45.3 Å². The molecule has 3 fully saturated rings. The molecule has 0 aromatic heterocycles. The van der Waals surface area contributed by atoms with E-state index in [9.17, 15) is 14.4 Å². The van der Waals surface area contributed by atoms with Crippen molar-refractivity contribution in [3.05, 3.63) is 0 Å². The second-order valence-corrected chi connectivity index (χ2v) is 9.51. The van der Waals surface area contributed by atoms with Crippen LogP contribution in [0.25, 0.3) is 0 Å². The number of esters is 1. The molecule has 176 valence electrons. The van der Waals surface area contributed by atoms with Crippen molar-refractivity contribution >= 4 is 18.2 Å². The molecule has 0 aliphatic carbocycles. The monoisotopic (exact) mass is 440 g/mol. The summed E-state index contributed by atoms with van der Waals surface area (Å²) >= 11 is 0. The molecule has 3 aliphatic rings. The zero-order chi connectivity index (χ0) is 22.8. The van der Waals surface area contributed by atoms with Crippen LogP contribution in [-0.2, 0) is 19.0 Å². The van der Waals surface area contributed by atoms with Gasteiger partial charge in [-0.1, -0.05) is 0 Å². The highest BCUT2D eigenvalue weighted by Crippen LogP contribution is 2.30. The molecule has 3 aliphatic heterocycles. The summed E-state index contributed by atoms with van der Waals surface area (Å²) < 4.78 is 15.9. The van der Waals surface area contributed by atoms with Crippen LogP contribution in [0.3, 0.4) is 0 Å². The number of methoxy groups -OCH3 is 1.